The van der Waals surface area contributed by atoms with Crippen molar-refractivity contribution < 1.29 is 23.9 Å². The van der Waals surface area contributed by atoms with E-state index in [-0.39, 0.29) is 24.0 Å². The maximum absolute atomic E-state index is 13.1. The van der Waals surface area contributed by atoms with Gasteiger partial charge >= 0.3 is 0 Å². The normalized spacial score (nSPS) is 20.7. The Kier molecular flexibility index (Phi) is 7.77. The maximum atomic E-state index is 13.1. The Morgan fingerprint density at radius 3 is 2.68 bits per heavy atom. The van der Waals surface area contributed by atoms with Crippen molar-refractivity contribution in [2.45, 2.75) is 50.9 Å². The van der Waals surface area contributed by atoms with Crippen LogP contribution in [0.5, 0.6) is 0 Å². The van der Waals surface area contributed by atoms with E-state index in [1.807, 2.05) is 6.20 Å². The molecule has 0 saturated carbocycles. The van der Waals surface area contributed by atoms with Crippen molar-refractivity contribution in [3.8, 4) is 0 Å². The van der Waals surface area contributed by atoms with E-state index in [0.29, 0.717) is 38.0 Å². The van der Waals surface area contributed by atoms with Crippen LogP contribution in [0.25, 0.3) is 0 Å². The lowest BCUT2D eigenvalue weighted by atomic mass is 10.0. The van der Waals surface area contributed by atoms with E-state index < -0.39 is 29.7 Å². The monoisotopic (exact) mass is 524 g/mol. The van der Waals surface area contributed by atoms with Crippen molar-refractivity contribution in [1.82, 2.24) is 30.1 Å². The highest BCUT2D eigenvalue weighted by molar-refractivity contribution is 6.25. The molecule has 13 heteroatoms. The molecule has 3 aliphatic rings. The summed E-state index contributed by atoms with van der Waals surface area (Å²) in [5.41, 5.74) is 7.85. The zero-order valence-electron chi connectivity index (χ0n) is 21.1. The molecule has 1 aromatic carbocycles. The SMILES string of the molecule is NC1CCN(Cc2cn(CCOCCNc3cccc4c3C(=O)N(C3CCC(=O)NC3=O)C4=O)nn2)CC1. The molecular formula is C25H32N8O5. The number of aromatic nitrogens is 3. The first kappa shape index (κ1) is 25.9. The number of hydrogen-bond donors (Lipinski definition) is 3. The lowest BCUT2D eigenvalue weighted by Gasteiger charge is -2.29. The van der Waals surface area contributed by atoms with Crippen molar-refractivity contribution in [3.63, 3.8) is 0 Å². The highest BCUT2D eigenvalue weighted by atomic mass is 16.5. The summed E-state index contributed by atoms with van der Waals surface area (Å²) in [4.78, 5) is 53.1. The number of nitrogens with zero attached hydrogens (tertiary/aromatic N) is 5. The van der Waals surface area contributed by atoms with E-state index in [1.165, 1.54) is 0 Å². The van der Waals surface area contributed by atoms with Crippen molar-refractivity contribution in [2.75, 3.05) is 38.2 Å². The number of amides is 4. The number of nitrogens with two attached hydrogens (primary N) is 1. The average Bonchev–Trinajstić information content (AvgIpc) is 3.45. The number of piperidine rings is 2. The minimum Gasteiger partial charge on any atom is -0.382 e. The number of nitrogens with one attached hydrogen (secondary N) is 2. The molecule has 1 aromatic heterocycles. The fraction of sp³-hybridized carbons (Fsp3) is 0.520. The van der Waals surface area contributed by atoms with E-state index in [0.717, 1.165) is 43.1 Å². The Morgan fingerprint density at radius 1 is 1.08 bits per heavy atom. The highest BCUT2D eigenvalue weighted by Crippen LogP contribution is 2.32. The molecular weight excluding hydrogens is 492 g/mol. The van der Waals surface area contributed by atoms with Crippen molar-refractivity contribution in [3.05, 3.63) is 41.2 Å². The first-order valence-electron chi connectivity index (χ1n) is 12.9. The van der Waals surface area contributed by atoms with Gasteiger partial charge in [0, 0.05) is 50.5 Å². The number of hydrogen-bond acceptors (Lipinski definition) is 10. The van der Waals surface area contributed by atoms with Gasteiger partial charge in [-0.1, -0.05) is 11.3 Å². The van der Waals surface area contributed by atoms with Crippen molar-refractivity contribution >= 4 is 29.3 Å². The Labute approximate surface area is 219 Å². The van der Waals surface area contributed by atoms with E-state index in [4.69, 9.17) is 10.5 Å². The van der Waals surface area contributed by atoms with Crippen LogP contribution in [-0.2, 0) is 27.4 Å². The average molecular weight is 525 g/mol. The molecule has 0 spiro atoms. The largest absolute Gasteiger partial charge is 0.382 e. The van der Waals surface area contributed by atoms with Crippen LogP contribution in [0.15, 0.2) is 24.4 Å². The van der Waals surface area contributed by atoms with Crippen LogP contribution < -0.4 is 16.4 Å². The zero-order chi connectivity index (χ0) is 26.6. The Hall–Kier alpha value is -3.68. The second kappa shape index (κ2) is 11.4. The molecule has 4 heterocycles. The summed E-state index contributed by atoms with van der Waals surface area (Å²) in [5.74, 6) is -2.11. The van der Waals surface area contributed by atoms with E-state index >= 15 is 0 Å². The third-order valence-corrected chi connectivity index (χ3v) is 7.10. The number of carbonyl (C=O) groups is 4. The van der Waals surface area contributed by atoms with Crippen LogP contribution in [-0.4, -0.2) is 93.4 Å². The second-order valence-corrected chi connectivity index (χ2v) is 9.80. The van der Waals surface area contributed by atoms with Crippen LogP contribution >= 0.6 is 0 Å². The van der Waals surface area contributed by atoms with Gasteiger partial charge in [-0.15, -0.1) is 5.10 Å². The molecule has 4 amide bonds. The number of imide groups is 2. The molecule has 3 aliphatic heterocycles. The van der Waals surface area contributed by atoms with Crippen LogP contribution in [0.2, 0.25) is 0 Å². The molecule has 0 bridgehead atoms. The third-order valence-electron chi connectivity index (χ3n) is 7.10. The zero-order valence-corrected chi connectivity index (χ0v) is 21.1. The molecule has 38 heavy (non-hydrogen) atoms. The number of fused-ring (bicyclic) bond motifs is 1. The van der Waals surface area contributed by atoms with Gasteiger partial charge in [-0.25, -0.2) is 4.68 Å². The fourth-order valence-corrected chi connectivity index (χ4v) is 5.04. The molecule has 2 fully saturated rings. The Balaban J connectivity index is 1.08. The highest BCUT2D eigenvalue weighted by Gasteiger charge is 2.45. The lowest BCUT2D eigenvalue weighted by Crippen LogP contribution is -2.54. The molecule has 1 unspecified atom stereocenters. The minimum absolute atomic E-state index is 0.0791. The molecule has 2 saturated heterocycles. The van der Waals surface area contributed by atoms with Gasteiger partial charge in [-0.05, 0) is 31.4 Å². The van der Waals surface area contributed by atoms with E-state index in [9.17, 15) is 19.2 Å². The predicted octanol–water partition coefficient (Wildman–Crippen LogP) is -0.269. The number of ether oxygens (including phenoxy) is 1. The number of carbonyl (C=O) groups excluding carboxylic acids is 4. The summed E-state index contributed by atoms with van der Waals surface area (Å²) in [5, 5.41) is 13.8. The maximum Gasteiger partial charge on any atom is 0.264 e. The van der Waals surface area contributed by atoms with Gasteiger partial charge in [0.25, 0.3) is 11.8 Å². The summed E-state index contributed by atoms with van der Waals surface area (Å²) in [6, 6.07) is 4.26. The quantitative estimate of drug-likeness (QED) is 0.278. The van der Waals surface area contributed by atoms with Crippen LogP contribution in [0, 0.1) is 0 Å². The molecule has 5 rings (SSSR count). The van der Waals surface area contributed by atoms with Gasteiger partial charge in [0.15, 0.2) is 0 Å². The molecule has 1 atom stereocenters. The van der Waals surface area contributed by atoms with Gasteiger partial charge in [0.1, 0.15) is 6.04 Å². The Morgan fingerprint density at radius 2 is 1.89 bits per heavy atom. The van der Waals surface area contributed by atoms with E-state index in [2.05, 4.69) is 25.8 Å². The molecule has 2 aromatic rings. The smallest absolute Gasteiger partial charge is 0.264 e. The summed E-state index contributed by atoms with van der Waals surface area (Å²) in [6.07, 6.45) is 4.14. The summed E-state index contributed by atoms with van der Waals surface area (Å²) >= 11 is 0. The summed E-state index contributed by atoms with van der Waals surface area (Å²) in [7, 11) is 0. The molecule has 13 nitrogen and oxygen atoms in total. The number of benzene rings is 1. The van der Waals surface area contributed by atoms with E-state index in [1.54, 1.807) is 22.9 Å². The number of anilines is 1. The summed E-state index contributed by atoms with van der Waals surface area (Å²) in [6.45, 7) is 4.51. The molecule has 4 N–H and O–H groups in total. The van der Waals surface area contributed by atoms with Crippen LogP contribution in [0.4, 0.5) is 5.69 Å². The van der Waals surface area contributed by atoms with Gasteiger partial charge in [-0.2, -0.15) is 0 Å². The third kappa shape index (κ3) is 5.59. The number of rotatable bonds is 10. The van der Waals surface area contributed by atoms with Gasteiger partial charge < -0.3 is 15.8 Å². The van der Waals surface area contributed by atoms with Gasteiger partial charge in [-0.3, -0.25) is 34.3 Å². The van der Waals surface area contributed by atoms with Crippen LogP contribution in [0.1, 0.15) is 52.1 Å². The number of likely N-dealkylation sites (tertiary alicyclic amines) is 1. The second-order valence-electron chi connectivity index (χ2n) is 9.80. The van der Waals surface area contributed by atoms with Crippen LogP contribution in [0.3, 0.4) is 0 Å². The molecule has 0 radical (unpaired) electrons. The Bertz CT molecular complexity index is 1220. The lowest BCUT2D eigenvalue weighted by molar-refractivity contribution is -0.136. The fourth-order valence-electron chi connectivity index (χ4n) is 5.04. The topological polar surface area (TPSA) is 165 Å². The summed E-state index contributed by atoms with van der Waals surface area (Å²) < 4.78 is 7.48. The first-order valence-corrected chi connectivity index (χ1v) is 12.9. The van der Waals surface area contributed by atoms with Crippen molar-refractivity contribution in [1.29, 1.82) is 0 Å². The predicted molar refractivity (Wildman–Crippen MR) is 135 cm³/mol. The minimum atomic E-state index is -0.994. The molecule has 0 aliphatic carbocycles. The first-order chi connectivity index (χ1) is 18.4. The molecule has 202 valence electrons. The standard InChI is InChI=1S/C25H32N8O5/c26-16-6-9-31(10-7-16)14-17-15-32(30-29-17)11-13-38-12-8-27-19-3-1-2-18-22(19)25(37)33(24(18)36)20-4-5-21(34)28-23(20)35/h1-3,15-16,20,27H,4-14,26H2,(H,28,34,35). The van der Waals surface area contributed by atoms with Gasteiger partial charge in [0.2, 0.25) is 11.8 Å². The van der Waals surface area contributed by atoms with Gasteiger partial charge in [0.05, 0.1) is 36.6 Å². The van der Waals surface area contributed by atoms with Crippen molar-refractivity contribution in [2.24, 2.45) is 5.73 Å².